The Kier molecular flexibility index (Phi) is 2.92. The fourth-order valence-electron chi connectivity index (χ4n) is 3.53. The third kappa shape index (κ3) is 2.19. The molecule has 0 aliphatic carbocycles. The fraction of sp³-hybridized carbons (Fsp3) is 0.467. The van der Waals surface area contributed by atoms with Crippen LogP contribution in [0.2, 0.25) is 0 Å². The van der Waals surface area contributed by atoms with Crippen LogP contribution in [0.3, 0.4) is 0 Å². The highest BCUT2D eigenvalue weighted by atomic mass is 19.1. The first-order valence-electron chi connectivity index (χ1n) is 7.37. The molecule has 6 heteroatoms. The van der Waals surface area contributed by atoms with Crippen molar-refractivity contribution in [1.29, 1.82) is 0 Å². The van der Waals surface area contributed by atoms with Crippen LogP contribution in [0.1, 0.15) is 23.3 Å². The van der Waals surface area contributed by atoms with Gasteiger partial charge in [0.15, 0.2) is 5.69 Å². The lowest BCUT2D eigenvalue weighted by Gasteiger charge is -2.44. The third-order valence-corrected chi connectivity index (χ3v) is 4.71. The molecule has 0 radical (unpaired) electrons. The molecule has 2 aromatic rings. The van der Waals surface area contributed by atoms with Gasteiger partial charge in [0.2, 0.25) is 0 Å². The largest absolute Gasteiger partial charge is 0.346 e. The van der Waals surface area contributed by atoms with Crippen molar-refractivity contribution < 1.29 is 9.18 Å². The van der Waals surface area contributed by atoms with E-state index in [4.69, 9.17) is 0 Å². The number of hydrogen-bond acceptors (Lipinski definition) is 3. The number of halogens is 1. The number of nitrogens with one attached hydrogen (secondary N) is 2. The molecule has 1 amide bonds. The first-order valence-corrected chi connectivity index (χ1v) is 7.37. The summed E-state index contributed by atoms with van der Waals surface area (Å²) in [5, 5.41) is 10.5. The summed E-state index contributed by atoms with van der Waals surface area (Å²) in [6.45, 7) is 3.21. The summed E-state index contributed by atoms with van der Waals surface area (Å²) in [5.74, 6) is 0.0590. The maximum absolute atomic E-state index is 13.2. The Balaban J connectivity index is 1.56. The third-order valence-electron chi connectivity index (χ3n) is 4.71. The second-order valence-corrected chi connectivity index (χ2v) is 5.98. The molecule has 4 heterocycles. The van der Waals surface area contributed by atoms with Crippen molar-refractivity contribution >= 4 is 16.8 Å². The van der Waals surface area contributed by atoms with E-state index in [0.29, 0.717) is 22.5 Å². The summed E-state index contributed by atoms with van der Waals surface area (Å²) < 4.78 is 13.2. The number of fused-ring (bicyclic) bond motifs is 4. The average molecular weight is 288 g/mol. The van der Waals surface area contributed by atoms with Crippen LogP contribution in [-0.4, -0.2) is 46.7 Å². The van der Waals surface area contributed by atoms with Crippen molar-refractivity contribution in [2.24, 2.45) is 5.92 Å². The molecule has 110 valence electrons. The normalized spacial score (nSPS) is 28.0. The van der Waals surface area contributed by atoms with Gasteiger partial charge in [0.1, 0.15) is 5.82 Å². The molecule has 1 aromatic carbocycles. The number of carbonyl (C=O) groups is 1. The van der Waals surface area contributed by atoms with E-state index < -0.39 is 0 Å². The molecule has 3 fully saturated rings. The van der Waals surface area contributed by atoms with Crippen LogP contribution in [0.5, 0.6) is 0 Å². The second-order valence-electron chi connectivity index (χ2n) is 5.98. The topological polar surface area (TPSA) is 61.0 Å². The van der Waals surface area contributed by atoms with Crippen LogP contribution >= 0.6 is 0 Å². The molecule has 0 spiro atoms. The van der Waals surface area contributed by atoms with Crippen LogP contribution in [0.25, 0.3) is 10.9 Å². The van der Waals surface area contributed by atoms with Gasteiger partial charge in [-0.2, -0.15) is 5.10 Å². The average Bonchev–Trinajstić information content (AvgIpc) is 2.91. The Hall–Kier alpha value is -1.95. The minimum atomic E-state index is -0.338. The number of aromatic amines is 1. The van der Waals surface area contributed by atoms with Gasteiger partial charge >= 0.3 is 0 Å². The summed E-state index contributed by atoms with van der Waals surface area (Å²) in [6, 6.07) is 4.50. The number of hydrogen-bond donors (Lipinski definition) is 2. The number of benzene rings is 1. The summed E-state index contributed by atoms with van der Waals surface area (Å²) in [7, 11) is 0. The quantitative estimate of drug-likeness (QED) is 0.881. The van der Waals surface area contributed by atoms with Crippen molar-refractivity contribution in [3.8, 4) is 0 Å². The molecule has 1 aromatic heterocycles. The van der Waals surface area contributed by atoms with Gasteiger partial charge in [0.05, 0.1) is 5.52 Å². The Bertz CT molecular complexity index is 690. The maximum atomic E-state index is 13.2. The van der Waals surface area contributed by atoms with E-state index in [1.165, 1.54) is 12.1 Å². The summed E-state index contributed by atoms with van der Waals surface area (Å²) >= 11 is 0. The SMILES string of the molecule is O=C(N[C@@H]1CN2CCC1CC2)c1n[nH]c2cc(F)ccc12. The lowest BCUT2D eigenvalue weighted by molar-refractivity contribution is 0.0618. The molecule has 2 bridgehead atoms. The fourth-order valence-corrected chi connectivity index (χ4v) is 3.53. The lowest BCUT2D eigenvalue weighted by Crippen LogP contribution is -2.57. The molecule has 5 rings (SSSR count). The number of carbonyl (C=O) groups excluding carboxylic acids is 1. The molecule has 0 unspecified atom stereocenters. The lowest BCUT2D eigenvalue weighted by atomic mass is 9.84. The predicted molar refractivity (Wildman–Crippen MR) is 76.5 cm³/mol. The zero-order valence-corrected chi connectivity index (χ0v) is 11.6. The van der Waals surface area contributed by atoms with E-state index in [1.807, 2.05) is 0 Å². The van der Waals surface area contributed by atoms with Crippen LogP contribution in [0.4, 0.5) is 4.39 Å². The molecule has 3 aliphatic heterocycles. The smallest absolute Gasteiger partial charge is 0.272 e. The van der Waals surface area contributed by atoms with Crippen LogP contribution < -0.4 is 5.32 Å². The van der Waals surface area contributed by atoms with Gasteiger partial charge in [0, 0.05) is 18.0 Å². The standard InChI is InChI=1S/C15H17FN4O/c16-10-1-2-11-12(7-10)18-19-14(11)15(21)17-13-8-20-5-3-9(13)4-6-20/h1-2,7,9,13H,3-6,8H2,(H,17,21)(H,18,19)/t13-/m1/s1. The summed E-state index contributed by atoms with van der Waals surface area (Å²) in [5.41, 5.74) is 0.899. The number of amides is 1. The highest BCUT2D eigenvalue weighted by Gasteiger charge is 2.35. The van der Waals surface area contributed by atoms with Gasteiger partial charge in [-0.05, 0) is 50.0 Å². The van der Waals surface area contributed by atoms with Gasteiger partial charge in [-0.1, -0.05) is 0 Å². The van der Waals surface area contributed by atoms with Gasteiger partial charge in [-0.25, -0.2) is 4.39 Å². The van der Waals surface area contributed by atoms with Crippen molar-refractivity contribution in [3.63, 3.8) is 0 Å². The highest BCUT2D eigenvalue weighted by Crippen LogP contribution is 2.28. The highest BCUT2D eigenvalue weighted by molar-refractivity contribution is 6.04. The molecule has 5 nitrogen and oxygen atoms in total. The Labute approximate surface area is 121 Å². The Morgan fingerprint density at radius 2 is 2.19 bits per heavy atom. The molecular formula is C15H17FN4O. The second kappa shape index (κ2) is 4.80. The van der Waals surface area contributed by atoms with Crippen molar-refractivity contribution in [2.75, 3.05) is 19.6 Å². The number of H-pyrrole nitrogens is 1. The predicted octanol–water partition coefficient (Wildman–Crippen LogP) is 1.53. The number of piperidine rings is 3. The van der Waals surface area contributed by atoms with Gasteiger partial charge < -0.3 is 10.2 Å². The zero-order valence-electron chi connectivity index (χ0n) is 11.6. The zero-order chi connectivity index (χ0) is 14.4. The van der Waals surface area contributed by atoms with Crippen LogP contribution in [0.15, 0.2) is 18.2 Å². The summed E-state index contributed by atoms with van der Waals surface area (Å²) in [4.78, 5) is 14.8. The minimum Gasteiger partial charge on any atom is -0.346 e. The van der Waals surface area contributed by atoms with E-state index in [-0.39, 0.29) is 17.8 Å². The molecule has 2 N–H and O–H groups in total. The molecule has 3 saturated heterocycles. The molecular weight excluding hydrogens is 271 g/mol. The van der Waals surface area contributed by atoms with E-state index in [0.717, 1.165) is 32.5 Å². The number of nitrogens with zero attached hydrogens (tertiary/aromatic N) is 2. The van der Waals surface area contributed by atoms with E-state index in [2.05, 4.69) is 20.4 Å². The number of rotatable bonds is 2. The Morgan fingerprint density at radius 1 is 1.38 bits per heavy atom. The van der Waals surface area contributed by atoms with Crippen molar-refractivity contribution in [2.45, 2.75) is 18.9 Å². The monoisotopic (exact) mass is 288 g/mol. The van der Waals surface area contributed by atoms with Gasteiger partial charge in [0.25, 0.3) is 5.91 Å². The van der Waals surface area contributed by atoms with E-state index in [1.54, 1.807) is 6.07 Å². The Morgan fingerprint density at radius 3 is 2.90 bits per heavy atom. The number of aromatic nitrogens is 2. The molecule has 3 aliphatic rings. The van der Waals surface area contributed by atoms with Crippen LogP contribution in [0, 0.1) is 11.7 Å². The van der Waals surface area contributed by atoms with Crippen molar-refractivity contribution in [1.82, 2.24) is 20.4 Å². The minimum absolute atomic E-state index is 0.174. The first-order chi connectivity index (χ1) is 10.2. The molecule has 0 saturated carbocycles. The van der Waals surface area contributed by atoms with Crippen molar-refractivity contribution in [3.05, 3.63) is 29.7 Å². The van der Waals surface area contributed by atoms with Crippen LogP contribution in [-0.2, 0) is 0 Å². The molecule has 1 atom stereocenters. The molecule has 21 heavy (non-hydrogen) atoms. The maximum Gasteiger partial charge on any atom is 0.272 e. The first kappa shape index (κ1) is 12.8. The van der Waals surface area contributed by atoms with E-state index in [9.17, 15) is 9.18 Å². The van der Waals surface area contributed by atoms with Gasteiger partial charge in [-0.15, -0.1) is 0 Å². The van der Waals surface area contributed by atoms with Gasteiger partial charge in [-0.3, -0.25) is 9.89 Å². The van der Waals surface area contributed by atoms with E-state index >= 15 is 0 Å². The summed E-state index contributed by atoms with van der Waals surface area (Å²) in [6.07, 6.45) is 2.30.